The molecule has 5 nitrogen and oxygen atoms in total. The number of carbonyl (C=O) groups excluding carboxylic acids is 3. The predicted molar refractivity (Wildman–Crippen MR) is 93.5 cm³/mol. The second kappa shape index (κ2) is 5.83. The Labute approximate surface area is 147 Å². The molecule has 2 aliphatic carbocycles. The van der Waals surface area contributed by atoms with Crippen molar-refractivity contribution in [1.29, 1.82) is 0 Å². The molecule has 5 unspecified atom stereocenters. The third kappa shape index (κ3) is 2.41. The molecule has 130 valence electrons. The minimum absolute atomic E-state index is 0.161. The third-order valence-corrected chi connectivity index (χ3v) is 5.79. The van der Waals surface area contributed by atoms with Gasteiger partial charge in [-0.25, -0.2) is 0 Å². The largest absolute Gasteiger partial charge is 0.324 e. The standard InChI is InChI=1S/C20H22N2O3/c1-3-15(18(23)21-14-6-4-5-11(2)9-14)22-19(24)16-12-7-8-13(10-12)17(16)20(22)25/h4-9,12-13,15-17H,3,10H2,1-2H3,(H,21,23). The molecule has 1 N–H and O–H groups in total. The number of amides is 3. The lowest BCUT2D eigenvalue weighted by molar-refractivity contribution is -0.147. The van der Waals surface area contributed by atoms with Crippen LogP contribution in [0.15, 0.2) is 36.4 Å². The van der Waals surface area contributed by atoms with Gasteiger partial charge in [0.2, 0.25) is 17.7 Å². The molecule has 1 heterocycles. The summed E-state index contributed by atoms with van der Waals surface area (Å²) in [5, 5.41) is 2.85. The van der Waals surface area contributed by atoms with Crippen molar-refractivity contribution in [2.45, 2.75) is 32.7 Å². The van der Waals surface area contributed by atoms with Gasteiger partial charge in [-0.15, -0.1) is 0 Å². The summed E-state index contributed by atoms with van der Waals surface area (Å²) in [5.74, 6) is -0.833. The van der Waals surface area contributed by atoms with E-state index in [4.69, 9.17) is 0 Å². The highest BCUT2D eigenvalue weighted by Gasteiger charge is 2.60. The summed E-state index contributed by atoms with van der Waals surface area (Å²) in [6.07, 6.45) is 5.44. The molecule has 3 aliphatic rings. The SMILES string of the molecule is CCC(C(=O)Nc1cccc(C)c1)N1C(=O)C2C3C=CC(C3)C2C1=O. The molecule has 1 saturated heterocycles. The number of hydrogen-bond acceptors (Lipinski definition) is 3. The molecule has 5 heteroatoms. The number of hydrogen-bond donors (Lipinski definition) is 1. The number of aryl methyl sites for hydroxylation is 1. The fourth-order valence-corrected chi connectivity index (χ4v) is 4.67. The molecule has 5 atom stereocenters. The average Bonchev–Trinajstić information content (AvgIpc) is 3.25. The fourth-order valence-electron chi connectivity index (χ4n) is 4.67. The van der Waals surface area contributed by atoms with Gasteiger partial charge in [-0.2, -0.15) is 0 Å². The van der Waals surface area contributed by atoms with Crippen LogP contribution in [0.3, 0.4) is 0 Å². The van der Waals surface area contributed by atoms with Crippen molar-refractivity contribution in [2.75, 3.05) is 5.32 Å². The first-order valence-corrected chi connectivity index (χ1v) is 8.94. The Morgan fingerprint density at radius 1 is 1.20 bits per heavy atom. The normalized spacial score (nSPS) is 30.7. The van der Waals surface area contributed by atoms with Crippen molar-refractivity contribution in [3.8, 4) is 0 Å². The Morgan fingerprint density at radius 3 is 2.40 bits per heavy atom. The van der Waals surface area contributed by atoms with Crippen molar-refractivity contribution < 1.29 is 14.4 Å². The zero-order valence-electron chi connectivity index (χ0n) is 14.4. The Balaban J connectivity index is 1.56. The van der Waals surface area contributed by atoms with Crippen molar-refractivity contribution in [2.24, 2.45) is 23.7 Å². The van der Waals surface area contributed by atoms with E-state index in [9.17, 15) is 14.4 Å². The van der Waals surface area contributed by atoms with Gasteiger partial charge in [0.1, 0.15) is 6.04 Å². The lowest BCUT2D eigenvalue weighted by Gasteiger charge is -2.26. The van der Waals surface area contributed by atoms with E-state index < -0.39 is 6.04 Å². The van der Waals surface area contributed by atoms with Gasteiger partial charge in [-0.1, -0.05) is 31.2 Å². The number of nitrogens with zero attached hydrogens (tertiary/aromatic N) is 1. The Hall–Kier alpha value is -2.43. The third-order valence-electron chi connectivity index (χ3n) is 5.79. The van der Waals surface area contributed by atoms with Crippen LogP contribution >= 0.6 is 0 Å². The molecule has 0 radical (unpaired) electrons. The van der Waals surface area contributed by atoms with Crippen molar-refractivity contribution >= 4 is 23.4 Å². The molecular formula is C20H22N2O3. The lowest BCUT2D eigenvalue weighted by atomic mass is 9.85. The van der Waals surface area contributed by atoms with Gasteiger partial charge < -0.3 is 5.32 Å². The molecule has 1 saturated carbocycles. The zero-order chi connectivity index (χ0) is 17.7. The Morgan fingerprint density at radius 2 is 1.84 bits per heavy atom. The number of likely N-dealkylation sites (tertiary alicyclic amines) is 1. The summed E-state index contributed by atoms with van der Waals surface area (Å²) in [6, 6.07) is 6.75. The van der Waals surface area contributed by atoms with Crippen LogP contribution in [-0.4, -0.2) is 28.7 Å². The first-order valence-electron chi connectivity index (χ1n) is 8.94. The molecule has 25 heavy (non-hydrogen) atoms. The highest BCUT2D eigenvalue weighted by atomic mass is 16.2. The zero-order valence-corrected chi connectivity index (χ0v) is 14.4. The lowest BCUT2D eigenvalue weighted by Crippen LogP contribution is -2.48. The number of carbonyl (C=O) groups is 3. The first kappa shape index (κ1) is 16.1. The van der Waals surface area contributed by atoms with Crippen molar-refractivity contribution in [3.05, 3.63) is 42.0 Å². The maximum atomic E-state index is 12.9. The number of allylic oxidation sites excluding steroid dienone is 2. The number of rotatable bonds is 4. The van der Waals surface area contributed by atoms with Crippen LogP contribution in [0.25, 0.3) is 0 Å². The van der Waals surface area contributed by atoms with Crippen LogP contribution in [0.5, 0.6) is 0 Å². The average molecular weight is 338 g/mol. The van der Waals surface area contributed by atoms with Gasteiger partial charge >= 0.3 is 0 Å². The number of benzene rings is 1. The fraction of sp³-hybridized carbons (Fsp3) is 0.450. The van der Waals surface area contributed by atoms with E-state index in [1.807, 2.05) is 38.1 Å². The Kier molecular flexibility index (Phi) is 3.74. The molecule has 1 aromatic carbocycles. The van der Waals surface area contributed by atoms with E-state index in [0.29, 0.717) is 12.1 Å². The smallest absolute Gasteiger partial charge is 0.247 e. The van der Waals surface area contributed by atoms with E-state index in [2.05, 4.69) is 17.5 Å². The van der Waals surface area contributed by atoms with Gasteiger partial charge in [-0.05, 0) is 49.3 Å². The number of fused-ring (bicyclic) bond motifs is 5. The molecule has 0 spiro atoms. The van der Waals surface area contributed by atoms with Crippen LogP contribution in [0.2, 0.25) is 0 Å². The summed E-state index contributed by atoms with van der Waals surface area (Å²) >= 11 is 0. The van der Waals surface area contributed by atoms with E-state index in [1.54, 1.807) is 0 Å². The van der Waals surface area contributed by atoms with E-state index in [0.717, 1.165) is 12.0 Å². The van der Waals surface area contributed by atoms with Crippen LogP contribution in [0, 0.1) is 30.6 Å². The molecular weight excluding hydrogens is 316 g/mol. The first-order chi connectivity index (χ1) is 12.0. The van der Waals surface area contributed by atoms with Gasteiger partial charge in [0, 0.05) is 5.69 Å². The van der Waals surface area contributed by atoms with Gasteiger partial charge in [0.25, 0.3) is 0 Å². The van der Waals surface area contributed by atoms with Crippen LogP contribution in [0.1, 0.15) is 25.3 Å². The minimum atomic E-state index is -0.745. The second-order valence-corrected chi connectivity index (χ2v) is 7.33. The number of anilines is 1. The maximum Gasteiger partial charge on any atom is 0.247 e. The topological polar surface area (TPSA) is 66.5 Å². The summed E-state index contributed by atoms with van der Waals surface area (Å²) in [6.45, 7) is 3.78. The molecule has 3 amide bonds. The van der Waals surface area contributed by atoms with Crippen LogP contribution in [-0.2, 0) is 14.4 Å². The second-order valence-electron chi connectivity index (χ2n) is 7.33. The summed E-state index contributed by atoms with van der Waals surface area (Å²) < 4.78 is 0. The summed E-state index contributed by atoms with van der Waals surface area (Å²) in [5.41, 5.74) is 1.72. The summed E-state index contributed by atoms with van der Waals surface area (Å²) in [7, 11) is 0. The highest BCUT2D eigenvalue weighted by molar-refractivity contribution is 6.10. The molecule has 0 aromatic heterocycles. The molecule has 2 bridgehead atoms. The van der Waals surface area contributed by atoms with E-state index in [1.165, 1.54) is 4.90 Å². The quantitative estimate of drug-likeness (QED) is 0.678. The van der Waals surface area contributed by atoms with Gasteiger partial charge in [0.15, 0.2) is 0 Å². The molecule has 1 aromatic rings. The van der Waals surface area contributed by atoms with Crippen LogP contribution in [0.4, 0.5) is 5.69 Å². The minimum Gasteiger partial charge on any atom is -0.324 e. The van der Waals surface area contributed by atoms with Crippen LogP contribution < -0.4 is 5.32 Å². The molecule has 4 rings (SSSR count). The highest BCUT2D eigenvalue weighted by Crippen LogP contribution is 2.53. The molecule has 2 fully saturated rings. The van der Waals surface area contributed by atoms with Crippen molar-refractivity contribution in [3.63, 3.8) is 0 Å². The summed E-state index contributed by atoms with van der Waals surface area (Å²) in [4.78, 5) is 39.8. The number of imide groups is 1. The predicted octanol–water partition coefficient (Wildman–Crippen LogP) is 2.52. The molecule has 1 aliphatic heterocycles. The monoisotopic (exact) mass is 338 g/mol. The Bertz CT molecular complexity index is 755. The van der Waals surface area contributed by atoms with E-state index >= 15 is 0 Å². The maximum absolute atomic E-state index is 12.9. The number of nitrogens with one attached hydrogen (secondary N) is 1. The van der Waals surface area contributed by atoms with Gasteiger partial charge in [0.05, 0.1) is 11.8 Å². The van der Waals surface area contributed by atoms with Crippen molar-refractivity contribution in [1.82, 2.24) is 4.90 Å². The van der Waals surface area contributed by atoms with Gasteiger partial charge in [-0.3, -0.25) is 19.3 Å². The van der Waals surface area contributed by atoms with E-state index in [-0.39, 0.29) is 41.4 Å².